The van der Waals surface area contributed by atoms with Gasteiger partial charge >= 0.3 is 0 Å². The Morgan fingerprint density at radius 3 is 2.38 bits per heavy atom. The van der Waals surface area contributed by atoms with Gasteiger partial charge in [0.15, 0.2) is 0 Å². The summed E-state index contributed by atoms with van der Waals surface area (Å²) in [6.07, 6.45) is 7.59. The first-order valence-corrected chi connectivity index (χ1v) is 12.1. The van der Waals surface area contributed by atoms with Gasteiger partial charge < -0.3 is 9.25 Å². The van der Waals surface area contributed by atoms with Crippen LogP contribution in [0.2, 0.25) is 0 Å². The number of allylic oxidation sites excluding steroid dienone is 4. The predicted octanol–water partition coefficient (Wildman–Crippen LogP) is 9.04. The molecule has 0 aliphatic heterocycles. The predicted molar refractivity (Wildman–Crippen MR) is 146 cm³/mol. The molecule has 1 aromatic heterocycles. The van der Waals surface area contributed by atoms with Crippen LogP contribution in [0.5, 0.6) is 0 Å². The normalized spacial score (nSPS) is 12.3. The molecule has 0 atom stereocenters. The van der Waals surface area contributed by atoms with Gasteiger partial charge in [0.2, 0.25) is 0 Å². The lowest BCUT2D eigenvalue weighted by molar-refractivity contribution is 0.231. The minimum absolute atomic E-state index is 0.748. The maximum atomic E-state index is 6.43. The number of rotatable bonds is 7. The number of fused-ring (bicyclic) bond motifs is 3. The fraction of sp³-hybridized carbons (Fsp3) is 0.258. The van der Waals surface area contributed by atoms with E-state index in [1.54, 1.807) is 6.21 Å². The minimum atomic E-state index is 0.748. The third-order valence-corrected chi connectivity index (χ3v) is 5.87. The average Bonchev–Trinajstić information content (AvgIpc) is 3.27. The van der Waals surface area contributed by atoms with Crippen LogP contribution < -0.4 is 0 Å². The fourth-order valence-corrected chi connectivity index (χ4v) is 3.96. The average molecular weight is 454 g/mol. The Morgan fingerprint density at radius 1 is 0.941 bits per heavy atom. The number of oxime groups is 1. The molecule has 0 aliphatic carbocycles. The van der Waals surface area contributed by atoms with Gasteiger partial charge in [-0.05, 0) is 62.0 Å². The van der Waals surface area contributed by atoms with E-state index in [9.17, 15) is 0 Å². The van der Waals surface area contributed by atoms with Crippen LogP contribution in [0, 0.1) is 6.92 Å². The van der Waals surface area contributed by atoms with Crippen molar-refractivity contribution in [1.29, 1.82) is 0 Å². The van der Waals surface area contributed by atoms with Crippen LogP contribution in [0.3, 0.4) is 0 Å². The number of furan rings is 1. The summed E-state index contributed by atoms with van der Waals surface area (Å²) in [7, 11) is 0. The summed E-state index contributed by atoms with van der Waals surface area (Å²) in [6, 6.07) is 21.0. The van der Waals surface area contributed by atoms with E-state index in [1.165, 1.54) is 21.9 Å². The van der Waals surface area contributed by atoms with Crippen LogP contribution in [0.15, 0.2) is 88.1 Å². The van der Waals surface area contributed by atoms with Crippen molar-refractivity contribution in [3.8, 4) is 0 Å². The monoisotopic (exact) mass is 453 g/mol. The van der Waals surface area contributed by atoms with E-state index in [1.807, 2.05) is 52.0 Å². The highest BCUT2D eigenvalue weighted by Crippen LogP contribution is 2.35. The van der Waals surface area contributed by atoms with E-state index in [0.29, 0.717) is 0 Å². The summed E-state index contributed by atoms with van der Waals surface area (Å²) in [4.78, 5) is 5.43. The summed E-state index contributed by atoms with van der Waals surface area (Å²) < 4.78 is 6.43. The summed E-state index contributed by atoms with van der Waals surface area (Å²) in [5, 5.41) is 6.54. The molecule has 1 heterocycles. The van der Waals surface area contributed by atoms with Gasteiger partial charge in [-0.15, -0.1) is 0 Å². The molecule has 0 saturated heterocycles. The lowest BCUT2D eigenvalue weighted by Gasteiger charge is -2.08. The van der Waals surface area contributed by atoms with Crippen molar-refractivity contribution in [2.75, 3.05) is 0 Å². The third kappa shape index (κ3) is 5.48. The van der Waals surface area contributed by atoms with Gasteiger partial charge in [-0.3, -0.25) is 0 Å². The molecule has 0 radical (unpaired) electrons. The molecular formula is C31H35NO2. The number of nitrogens with zero attached hydrogens (tertiary/aromatic N) is 1. The number of benzene rings is 3. The molecule has 0 amide bonds. The van der Waals surface area contributed by atoms with Crippen molar-refractivity contribution in [2.24, 2.45) is 5.16 Å². The Morgan fingerprint density at radius 2 is 1.68 bits per heavy atom. The number of aryl methyl sites for hydroxylation is 2. The molecule has 0 saturated carbocycles. The first kappa shape index (κ1) is 25.0. The summed E-state index contributed by atoms with van der Waals surface area (Å²) in [5.74, 6) is 0.768. The molecule has 0 aliphatic rings. The highest BCUT2D eigenvalue weighted by Gasteiger charge is 2.14. The van der Waals surface area contributed by atoms with Gasteiger partial charge in [-0.1, -0.05) is 92.7 Å². The van der Waals surface area contributed by atoms with Gasteiger partial charge in [0.05, 0.1) is 6.21 Å². The largest absolute Gasteiger partial charge is 0.455 e. The van der Waals surface area contributed by atoms with E-state index in [2.05, 4.69) is 67.5 Å². The SMILES string of the molecule is C/C=C(/C)O/N=C/C(=C\Cc1c(CC)ccc2c1oc1c(C)cccc12)c1ccccc1.CC. The molecule has 34 heavy (non-hydrogen) atoms. The Kier molecular flexibility index (Phi) is 8.86. The van der Waals surface area contributed by atoms with Crippen molar-refractivity contribution in [3.05, 3.63) is 101 Å². The summed E-state index contributed by atoms with van der Waals surface area (Å²) in [6.45, 7) is 12.1. The molecule has 0 fully saturated rings. The number of para-hydroxylation sites is 1. The van der Waals surface area contributed by atoms with Crippen molar-refractivity contribution in [1.82, 2.24) is 0 Å². The van der Waals surface area contributed by atoms with Crippen LogP contribution in [-0.2, 0) is 17.7 Å². The zero-order valence-corrected chi connectivity index (χ0v) is 21.2. The second-order valence-electron chi connectivity index (χ2n) is 7.94. The zero-order chi connectivity index (χ0) is 24.5. The van der Waals surface area contributed by atoms with Gasteiger partial charge in [0.25, 0.3) is 0 Å². The Bertz CT molecular complexity index is 1320. The van der Waals surface area contributed by atoms with E-state index in [0.717, 1.165) is 46.5 Å². The van der Waals surface area contributed by atoms with Crippen LogP contribution in [-0.4, -0.2) is 6.21 Å². The molecule has 3 aromatic carbocycles. The van der Waals surface area contributed by atoms with E-state index < -0.39 is 0 Å². The second kappa shape index (κ2) is 12.0. The molecule has 0 bridgehead atoms. The molecule has 3 nitrogen and oxygen atoms in total. The molecule has 3 heteroatoms. The van der Waals surface area contributed by atoms with Crippen LogP contribution in [0.25, 0.3) is 27.5 Å². The third-order valence-electron chi connectivity index (χ3n) is 5.87. The second-order valence-corrected chi connectivity index (χ2v) is 7.94. The van der Waals surface area contributed by atoms with Gasteiger partial charge in [-0.2, -0.15) is 0 Å². The fourth-order valence-electron chi connectivity index (χ4n) is 3.96. The summed E-state index contributed by atoms with van der Waals surface area (Å²) in [5.41, 5.74) is 7.76. The van der Waals surface area contributed by atoms with Crippen molar-refractivity contribution in [2.45, 2.75) is 54.4 Å². The number of hydrogen-bond donors (Lipinski definition) is 0. The van der Waals surface area contributed by atoms with Gasteiger partial charge in [0, 0.05) is 16.3 Å². The topological polar surface area (TPSA) is 34.7 Å². The van der Waals surface area contributed by atoms with Crippen molar-refractivity contribution >= 4 is 33.7 Å². The zero-order valence-electron chi connectivity index (χ0n) is 21.2. The quantitative estimate of drug-likeness (QED) is 0.159. The standard InChI is InChI=1S/C29H29NO2.C2H6/c1-5-21(4)32-30-19-24(23-12-8-7-9-13-23)16-17-25-22(6-2)15-18-27-26-14-10-11-20(3)28(26)31-29(25)27;1-2/h5,7-16,18-19H,6,17H2,1-4H3;1-2H3/b21-5-,24-16+,30-19+;. The first-order valence-electron chi connectivity index (χ1n) is 12.1. The molecular weight excluding hydrogens is 418 g/mol. The van der Waals surface area contributed by atoms with E-state index in [4.69, 9.17) is 9.25 Å². The molecule has 176 valence electrons. The highest BCUT2D eigenvalue weighted by atomic mass is 16.6. The Hall–Kier alpha value is -3.59. The van der Waals surface area contributed by atoms with E-state index >= 15 is 0 Å². The summed E-state index contributed by atoms with van der Waals surface area (Å²) >= 11 is 0. The highest BCUT2D eigenvalue weighted by molar-refractivity contribution is 6.10. The van der Waals surface area contributed by atoms with Gasteiger partial charge in [0.1, 0.15) is 16.9 Å². The molecule has 4 aromatic rings. The lowest BCUT2D eigenvalue weighted by atomic mass is 9.96. The first-order chi connectivity index (χ1) is 16.6. The van der Waals surface area contributed by atoms with Gasteiger partial charge in [-0.25, -0.2) is 0 Å². The lowest BCUT2D eigenvalue weighted by Crippen LogP contribution is -1.95. The molecule has 0 unspecified atom stereocenters. The van der Waals surface area contributed by atoms with Crippen LogP contribution in [0.4, 0.5) is 0 Å². The molecule has 4 rings (SSSR count). The maximum Gasteiger partial charge on any atom is 0.139 e. The Balaban J connectivity index is 0.00000158. The van der Waals surface area contributed by atoms with Crippen LogP contribution >= 0.6 is 0 Å². The molecule has 0 N–H and O–H groups in total. The van der Waals surface area contributed by atoms with Crippen LogP contribution in [0.1, 0.15) is 56.9 Å². The van der Waals surface area contributed by atoms with E-state index in [-0.39, 0.29) is 0 Å². The smallest absolute Gasteiger partial charge is 0.139 e. The number of hydrogen-bond acceptors (Lipinski definition) is 3. The minimum Gasteiger partial charge on any atom is -0.455 e. The maximum absolute atomic E-state index is 6.43. The molecule has 0 spiro atoms. The van der Waals surface area contributed by atoms with Crippen molar-refractivity contribution < 1.29 is 9.25 Å². The Labute approximate surface area is 203 Å². The van der Waals surface area contributed by atoms with Crippen molar-refractivity contribution in [3.63, 3.8) is 0 Å².